The number of carbonyl (C=O) groups excluding carboxylic acids is 2. The van der Waals surface area contributed by atoms with E-state index < -0.39 is 0 Å². The lowest BCUT2D eigenvalue weighted by Gasteiger charge is -2.35. The van der Waals surface area contributed by atoms with E-state index in [9.17, 15) is 9.59 Å². The van der Waals surface area contributed by atoms with Crippen molar-refractivity contribution >= 4 is 17.8 Å². The lowest BCUT2D eigenvalue weighted by atomic mass is 10.2. The summed E-state index contributed by atoms with van der Waals surface area (Å²) in [6, 6.07) is 3.47. The second-order valence-electron chi connectivity index (χ2n) is 5.91. The fraction of sp³-hybridized carbons (Fsp3) is 0.562. The minimum Gasteiger partial charge on any atom is -0.372 e. The highest BCUT2D eigenvalue weighted by atomic mass is 16.5. The molecule has 0 radical (unpaired) electrons. The molecule has 2 atom stereocenters. The highest BCUT2D eigenvalue weighted by Gasteiger charge is 2.25. The van der Waals surface area contributed by atoms with Gasteiger partial charge in [-0.2, -0.15) is 0 Å². The summed E-state index contributed by atoms with van der Waals surface area (Å²) in [6.07, 6.45) is 1.95. The van der Waals surface area contributed by atoms with Crippen LogP contribution in [0.5, 0.6) is 0 Å². The van der Waals surface area contributed by atoms with Gasteiger partial charge in [-0.05, 0) is 32.4 Å². The highest BCUT2D eigenvalue weighted by Crippen LogP contribution is 2.10. The molecule has 2 N–H and O–H groups in total. The highest BCUT2D eigenvalue weighted by molar-refractivity contribution is 5.90. The van der Waals surface area contributed by atoms with Crippen molar-refractivity contribution in [3.63, 3.8) is 0 Å². The van der Waals surface area contributed by atoms with Gasteiger partial charge in [0.05, 0.1) is 12.2 Å². The number of carbonyl (C=O) groups is 2. The molecule has 3 amide bonds. The molecule has 0 bridgehead atoms. The smallest absolute Gasteiger partial charge is 0.317 e. The largest absolute Gasteiger partial charge is 0.372 e. The number of nitrogens with zero attached hydrogens (tertiary/aromatic N) is 2. The van der Waals surface area contributed by atoms with Crippen LogP contribution in [-0.4, -0.2) is 53.7 Å². The number of pyridine rings is 1. The predicted octanol–water partition coefficient (Wildman–Crippen LogP) is 1.54. The second kappa shape index (κ2) is 7.92. The Balaban J connectivity index is 1.70. The standard InChI is InChI=1S/C16H24N4O3/c1-11-4-5-14(18-8-11)19-15(21)6-7-17-16(22)20-9-12(2)23-13(3)10-20/h4-5,8,12-13H,6-7,9-10H2,1-3H3,(H,17,22)(H,18,19,21)/t12-,13-/m1/s1. The third-order valence-corrected chi connectivity index (χ3v) is 3.51. The van der Waals surface area contributed by atoms with Crippen molar-refractivity contribution in [1.82, 2.24) is 15.2 Å². The van der Waals surface area contributed by atoms with Crippen molar-refractivity contribution in [2.24, 2.45) is 0 Å². The van der Waals surface area contributed by atoms with E-state index in [-0.39, 0.29) is 37.1 Å². The van der Waals surface area contributed by atoms with Gasteiger partial charge in [0.15, 0.2) is 0 Å². The number of hydrogen-bond donors (Lipinski definition) is 2. The summed E-state index contributed by atoms with van der Waals surface area (Å²) in [6.45, 7) is 7.24. The van der Waals surface area contributed by atoms with E-state index in [0.29, 0.717) is 18.9 Å². The third-order valence-electron chi connectivity index (χ3n) is 3.51. The molecule has 1 aliphatic rings. The first-order valence-electron chi connectivity index (χ1n) is 7.85. The number of amides is 3. The summed E-state index contributed by atoms with van der Waals surface area (Å²) < 4.78 is 5.59. The van der Waals surface area contributed by atoms with Crippen molar-refractivity contribution in [3.8, 4) is 0 Å². The molecule has 1 aromatic rings. The van der Waals surface area contributed by atoms with E-state index in [1.807, 2.05) is 26.8 Å². The van der Waals surface area contributed by atoms with Gasteiger partial charge in [-0.3, -0.25) is 4.79 Å². The van der Waals surface area contributed by atoms with Crippen LogP contribution in [0.25, 0.3) is 0 Å². The van der Waals surface area contributed by atoms with Crippen LogP contribution in [-0.2, 0) is 9.53 Å². The second-order valence-corrected chi connectivity index (χ2v) is 5.91. The fourth-order valence-electron chi connectivity index (χ4n) is 2.49. The molecule has 7 nitrogen and oxygen atoms in total. The van der Waals surface area contributed by atoms with Gasteiger partial charge < -0.3 is 20.3 Å². The normalized spacial score (nSPS) is 20.9. The first-order valence-corrected chi connectivity index (χ1v) is 7.85. The molecule has 2 rings (SSSR count). The lowest BCUT2D eigenvalue weighted by molar-refractivity contribution is -0.116. The summed E-state index contributed by atoms with van der Waals surface area (Å²) >= 11 is 0. The molecule has 0 aliphatic carbocycles. The first kappa shape index (κ1) is 17.2. The number of nitrogens with one attached hydrogen (secondary N) is 2. The minimum atomic E-state index is -0.176. The van der Waals surface area contributed by atoms with Crippen LogP contribution >= 0.6 is 0 Å². The number of urea groups is 1. The van der Waals surface area contributed by atoms with Crippen LogP contribution in [0.1, 0.15) is 25.8 Å². The Morgan fingerprint density at radius 1 is 1.30 bits per heavy atom. The van der Waals surface area contributed by atoms with Crippen molar-refractivity contribution < 1.29 is 14.3 Å². The number of morpholine rings is 1. The molecule has 0 unspecified atom stereocenters. The maximum atomic E-state index is 12.1. The quantitative estimate of drug-likeness (QED) is 0.881. The number of aromatic nitrogens is 1. The molecule has 23 heavy (non-hydrogen) atoms. The third kappa shape index (κ3) is 5.52. The van der Waals surface area contributed by atoms with Crippen LogP contribution < -0.4 is 10.6 Å². The number of rotatable bonds is 4. The zero-order valence-corrected chi connectivity index (χ0v) is 13.8. The molecule has 0 saturated carbocycles. The van der Waals surface area contributed by atoms with Crippen LogP contribution in [0.2, 0.25) is 0 Å². The summed E-state index contributed by atoms with van der Waals surface area (Å²) in [7, 11) is 0. The Morgan fingerprint density at radius 2 is 2.00 bits per heavy atom. The average Bonchev–Trinajstić information content (AvgIpc) is 2.48. The molecule has 1 saturated heterocycles. The molecule has 126 valence electrons. The predicted molar refractivity (Wildman–Crippen MR) is 87.2 cm³/mol. The molecule has 0 spiro atoms. The zero-order valence-electron chi connectivity index (χ0n) is 13.8. The van der Waals surface area contributed by atoms with Gasteiger partial charge in [-0.25, -0.2) is 9.78 Å². The van der Waals surface area contributed by atoms with E-state index in [4.69, 9.17) is 4.74 Å². The van der Waals surface area contributed by atoms with Gasteiger partial charge in [-0.15, -0.1) is 0 Å². The number of aryl methyl sites for hydroxylation is 1. The summed E-state index contributed by atoms with van der Waals surface area (Å²) in [4.78, 5) is 29.7. The van der Waals surface area contributed by atoms with Gasteiger partial charge in [0.1, 0.15) is 5.82 Å². The Labute approximate surface area is 136 Å². The summed E-state index contributed by atoms with van der Waals surface area (Å²) in [5.41, 5.74) is 1.03. The Bertz CT molecular complexity index is 537. The maximum absolute atomic E-state index is 12.1. The van der Waals surface area contributed by atoms with E-state index in [0.717, 1.165) is 5.56 Å². The van der Waals surface area contributed by atoms with Gasteiger partial charge >= 0.3 is 6.03 Å². The zero-order chi connectivity index (χ0) is 16.8. The van der Waals surface area contributed by atoms with E-state index in [2.05, 4.69) is 15.6 Å². The van der Waals surface area contributed by atoms with E-state index in [1.54, 1.807) is 17.2 Å². The van der Waals surface area contributed by atoms with Gasteiger partial charge in [0, 0.05) is 32.3 Å². The number of anilines is 1. The fourth-order valence-corrected chi connectivity index (χ4v) is 2.49. The summed E-state index contributed by atoms with van der Waals surface area (Å²) in [5, 5.41) is 5.47. The van der Waals surface area contributed by atoms with E-state index in [1.165, 1.54) is 0 Å². The van der Waals surface area contributed by atoms with Crippen molar-refractivity contribution in [1.29, 1.82) is 0 Å². The first-order chi connectivity index (χ1) is 10.9. The topological polar surface area (TPSA) is 83.6 Å². The molecule has 1 fully saturated rings. The maximum Gasteiger partial charge on any atom is 0.317 e. The number of ether oxygens (including phenoxy) is 1. The minimum absolute atomic E-state index is 0.0282. The molecule has 1 aromatic heterocycles. The lowest BCUT2D eigenvalue weighted by Crippen LogP contribution is -2.51. The molecular formula is C16H24N4O3. The van der Waals surface area contributed by atoms with Crippen molar-refractivity contribution in [2.45, 2.75) is 39.4 Å². The van der Waals surface area contributed by atoms with Crippen LogP contribution in [0.15, 0.2) is 18.3 Å². The summed E-state index contributed by atoms with van der Waals surface area (Å²) in [5.74, 6) is 0.341. The molecule has 1 aliphatic heterocycles. The monoisotopic (exact) mass is 320 g/mol. The van der Waals surface area contributed by atoms with Crippen molar-refractivity contribution in [3.05, 3.63) is 23.9 Å². The van der Waals surface area contributed by atoms with Crippen LogP contribution in [0.3, 0.4) is 0 Å². The van der Waals surface area contributed by atoms with E-state index >= 15 is 0 Å². The Hall–Kier alpha value is -2.15. The van der Waals surface area contributed by atoms with Crippen molar-refractivity contribution in [2.75, 3.05) is 25.0 Å². The van der Waals surface area contributed by atoms with Crippen LogP contribution in [0.4, 0.5) is 10.6 Å². The Morgan fingerprint density at radius 3 is 2.61 bits per heavy atom. The SMILES string of the molecule is Cc1ccc(NC(=O)CCNC(=O)N2C[C@@H](C)O[C@H](C)C2)nc1. The number of hydrogen-bond acceptors (Lipinski definition) is 4. The average molecular weight is 320 g/mol. The van der Waals surface area contributed by atoms with Gasteiger partial charge in [0.25, 0.3) is 0 Å². The van der Waals surface area contributed by atoms with Gasteiger partial charge in [-0.1, -0.05) is 6.07 Å². The molecule has 7 heteroatoms. The Kier molecular flexibility index (Phi) is 5.92. The van der Waals surface area contributed by atoms with Gasteiger partial charge in [0.2, 0.25) is 5.91 Å². The molecular weight excluding hydrogens is 296 g/mol. The molecule has 2 heterocycles. The molecule has 0 aromatic carbocycles. The van der Waals surface area contributed by atoms with Crippen LogP contribution in [0, 0.1) is 6.92 Å².